The van der Waals surface area contributed by atoms with E-state index in [0.717, 1.165) is 12.1 Å². The van der Waals surface area contributed by atoms with E-state index in [1.165, 1.54) is 6.07 Å². The molecule has 0 aliphatic heterocycles. The van der Waals surface area contributed by atoms with E-state index in [1.807, 2.05) is 6.07 Å². The molecule has 0 saturated heterocycles. The third-order valence-electron chi connectivity index (χ3n) is 3.97. The van der Waals surface area contributed by atoms with Crippen LogP contribution in [-0.2, 0) is 10.0 Å². The van der Waals surface area contributed by atoms with Gasteiger partial charge in [0.05, 0.1) is 10.6 Å². The number of halogens is 2. The van der Waals surface area contributed by atoms with Crippen LogP contribution >= 0.6 is 0 Å². The molecule has 0 bridgehead atoms. The van der Waals surface area contributed by atoms with E-state index in [4.69, 9.17) is 0 Å². The Labute approximate surface area is 166 Å². The lowest BCUT2D eigenvalue weighted by molar-refractivity contribution is 0.262. The summed E-state index contributed by atoms with van der Waals surface area (Å²) in [5, 5.41) is 5.25. The van der Waals surface area contributed by atoms with Crippen LogP contribution in [0, 0.1) is 18.6 Å². The van der Waals surface area contributed by atoms with Crippen LogP contribution in [0.5, 0.6) is 0 Å². The highest BCUT2D eigenvalue weighted by Gasteiger charge is 2.18. The Morgan fingerprint density at radius 1 is 0.828 bits per heavy atom. The second kappa shape index (κ2) is 8.27. The van der Waals surface area contributed by atoms with E-state index >= 15 is 0 Å². The maximum atomic E-state index is 13.4. The van der Waals surface area contributed by atoms with Crippen LogP contribution < -0.4 is 15.4 Å². The molecule has 0 aliphatic carbocycles. The summed E-state index contributed by atoms with van der Waals surface area (Å²) < 4.78 is 53.8. The first-order valence-corrected chi connectivity index (χ1v) is 9.94. The molecule has 0 radical (unpaired) electrons. The van der Waals surface area contributed by atoms with Crippen LogP contribution in [0.2, 0.25) is 0 Å². The normalized spacial score (nSPS) is 11.0. The highest BCUT2D eigenvalue weighted by atomic mass is 32.2. The van der Waals surface area contributed by atoms with Gasteiger partial charge in [0.1, 0.15) is 0 Å². The van der Waals surface area contributed by atoms with Gasteiger partial charge in [-0.05, 0) is 55.0 Å². The van der Waals surface area contributed by atoms with Crippen molar-refractivity contribution in [3.63, 3.8) is 0 Å². The number of carbonyl (C=O) groups excluding carboxylic acids is 1. The Bertz CT molecular complexity index is 1150. The summed E-state index contributed by atoms with van der Waals surface area (Å²) in [5.41, 5.74) is 1.70. The lowest BCUT2D eigenvalue weighted by Crippen LogP contribution is -2.20. The third-order valence-corrected chi connectivity index (χ3v) is 5.34. The average Bonchev–Trinajstić information content (AvgIpc) is 2.67. The van der Waals surface area contributed by atoms with Crippen LogP contribution in [0.3, 0.4) is 0 Å². The first kappa shape index (κ1) is 20.3. The number of urea groups is 1. The van der Waals surface area contributed by atoms with E-state index < -0.39 is 32.6 Å². The molecule has 0 saturated carbocycles. The molecule has 29 heavy (non-hydrogen) atoms. The summed E-state index contributed by atoms with van der Waals surface area (Å²) in [6, 6.07) is 15.2. The van der Waals surface area contributed by atoms with Crippen molar-refractivity contribution < 1.29 is 22.0 Å². The molecule has 3 aromatic carbocycles. The van der Waals surface area contributed by atoms with Crippen molar-refractivity contribution >= 4 is 33.1 Å². The zero-order valence-corrected chi connectivity index (χ0v) is 16.1. The van der Waals surface area contributed by atoms with E-state index in [2.05, 4.69) is 15.4 Å². The highest BCUT2D eigenvalue weighted by Crippen LogP contribution is 2.24. The minimum absolute atomic E-state index is 0.187. The highest BCUT2D eigenvalue weighted by molar-refractivity contribution is 7.92. The molecule has 0 unspecified atom stereocenters. The average molecular weight is 417 g/mol. The maximum Gasteiger partial charge on any atom is 0.323 e. The summed E-state index contributed by atoms with van der Waals surface area (Å²) in [4.78, 5) is 11.7. The molecule has 0 aliphatic rings. The number of nitrogens with one attached hydrogen (secondary N) is 3. The Balaban J connectivity index is 1.78. The molecule has 2 amide bonds. The van der Waals surface area contributed by atoms with Crippen molar-refractivity contribution in [3.05, 3.63) is 83.9 Å². The number of sulfonamides is 1. The fourth-order valence-electron chi connectivity index (χ4n) is 2.47. The number of rotatable bonds is 5. The second-order valence-corrected chi connectivity index (χ2v) is 7.84. The number of benzene rings is 3. The van der Waals surface area contributed by atoms with Crippen molar-refractivity contribution in [1.29, 1.82) is 0 Å². The Morgan fingerprint density at radius 2 is 1.52 bits per heavy atom. The molecule has 9 heteroatoms. The number of amides is 2. The van der Waals surface area contributed by atoms with E-state index in [0.29, 0.717) is 23.0 Å². The Hall–Kier alpha value is -3.46. The minimum atomic E-state index is -4.15. The molecule has 0 aromatic heterocycles. The smallest absolute Gasteiger partial charge is 0.308 e. The monoisotopic (exact) mass is 417 g/mol. The van der Waals surface area contributed by atoms with Gasteiger partial charge in [-0.1, -0.05) is 24.3 Å². The predicted molar refractivity (Wildman–Crippen MR) is 107 cm³/mol. The topological polar surface area (TPSA) is 87.3 Å². The van der Waals surface area contributed by atoms with Gasteiger partial charge in [-0.2, -0.15) is 0 Å². The van der Waals surface area contributed by atoms with E-state index in [-0.39, 0.29) is 5.69 Å². The molecule has 0 fully saturated rings. The van der Waals surface area contributed by atoms with E-state index in [9.17, 15) is 22.0 Å². The summed E-state index contributed by atoms with van der Waals surface area (Å²) in [6.07, 6.45) is 0. The van der Waals surface area contributed by atoms with Gasteiger partial charge >= 0.3 is 6.03 Å². The van der Waals surface area contributed by atoms with Gasteiger partial charge in [-0.3, -0.25) is 4.72 Å². The fourth-order valence-corrected chi connectivity index (χ4v) is 3.61. The third kappa shape index (κ3) is 5.08. The minimum Gasteiger partial charge on any atom is -0.308 e. The van der Waals surface area contributed by atoms with Crippen molar-refractivity contribution in [2.45, 2.75) is 11.8 Å². The number of anilines is 3. The Kier molecular flexibility index (Phi) is 5.79. The zero-order chi connectivity index (χ0) is 21.0. The van der Waals surface area contributed by atoms with E-state index in [1.54, 1.807) is 43.3 Å². The van der Waals surface area contributed by atoms with Gasteiger partial charge in [0.15, 0.2) is 11.6 Å². The fraction of sp³-hybridized carbons (Fsp3) is 0.0500. The second-order valence-electron chi connectivity index (χ2n) is 6.16. The number of para-hydroxylation sites is 1. The van der Waals surface area contributed by atoms with Crippen molar-refractivity contribution in [3.8, 4) is 0 Å². The number of hydrogen-bond acceptors (Lipinski definition) is 3. The van der Waals surface area contributed by atoms with Crippen LogP contribution in [0.1, 0.15) is 5.56 Å². The molecule has 0 atom stereocenters. The van der Waals surface area contributed by atoms with Crippen LogP contribution in [0.15, 0.2) is 71.6 Å². The first-order chi connectivity index (χ1) is 13.7. The zero-order valence-electron chi connectivity index (χ0n) is 15.2. The summed E-state index contributed by atoms with van der Waals surface area (Å²) >= 11 is 0. The maximum absolute atomic E-state index is 13.4. The van der Waals surface area contributed by atoms with Crippen LogP contribution in [-0.4, -0.2) is 14.4 Å². The molecular weight excluding hydrogens is 400 g/mol. The van der Waals surface area contributed by atoms with Gasteiger partial charge in [0, 0.05) is 11.4 Å². The van der Waals surface area contributed by atoms with Crippen LogP contribution in [0.25, 0.3) is 0 Å². The van der Waals surface area contributed by atoms with Crippen molar-refractivity contribution in [2.24, 2.45) is 0 Å². The molecule has 150 valence electrons. The summed E-state index contributed by atoms with van der Waals surface area (Å²) in [6.45, 7) is 1.66. The summed E-state index contributed by atoms with van der Waals surface area (Å²) in [7, 11) is -4.15. The molecule has 0 heterocycles. The van der Waals surface area contributed by atoms with Gasteiger partial charge in [0.25, 0.3) is 10.0 Å². The molecular formula is C20H17F2N3O3S. The molecule has 0 spiro atoms. The molecule has 3 N–H and O–H groups in total. The van der Waals surface area contributed by atoms with Gasteiger partial charge in [0.2, 0.25) is 0 Å². The SMILES string of the molecule is Cc1ccc(NC(=O)Nc2ccccc2)cc1NS(=O)(=O)c1ccc(F)c(F)c1. The standard InChI is InChI=1S/C20H17F2N3O3S/c1-13-7-8-15(24-20(26)23-14-5-3-2-4-6-14)11-19(13)25-29(27,28)16-9-10-17(21)18(22)12-16/h2-12,25H,1H3,(H2,23,24,26). The van der Waals surface area contributed by atoms with Crippen molar-refractivity contribution in [2.75, 3.05) is 15.4 Å². The number of hydrogen-bond donors (Lipinski definition) is 3. The van der Waals surface area contributed by atoms with Crippen LogP contribution in [0.4, 0.5) is 30.6 Å². The lowest BCUT2D eigenvalue weighted by atomic mass is 10.2. The number of aryl methyl sites for hydroxylation is 1. The molecule has 3 aromatic rings. The summed E-state index contributed by atoms with van der Waals surface area (Å²) in [5.74, 6) is -2.41. The molecule has 6 nitrogen and oxygen atoms in total. The number of carbonyl (C=O) groups is 1. The van der Waals surface area contributed by atoms with Crippen molar-refractivity contribution in [1.82, 2.24) is 0 Å². The lowest BCUT2D eigenvalue weighted by Gasteiger charge is -2.13. The first-order valence-electron chi connectivity index (χ1n) is 8.46. The quantitative estimate of drug-likeness (QED) is 0.561. The largest absolute Gasteiger partial charge is 0.323 e. The predicted octanol–water partition coefficient (Wildman–Crippen LogP) is 4.72. The van der Waals surface area contributed by atoms with Gasteiger partial charge in [-0.15, -0.1) is 0 Å². The Morgan fingerprint density at radius 3 is 2.21 bits per heavy atom. The van der Waals surface area contributed by atoms with Gasteiger partial charge in [-0.25, -0.2) is 22.0 Å². The van der Waals surface area contributed by atoms with Gasteiger partial charge < -0.3 is 10.6 Å². The molecule has 3 rings (SSSR count).